The fourth-order valence-electron chi connectivity index (χ4n) is 3.33. The van der Waals surface area contributed by atoms with Crippen LogP contribution >= 0.6 is 23.4 Å². The van der Waals surface area contributed by atoms with E-state index in [9.17, 15) is 9.59 Å². The minimum Gasteiger partial charge on any atom is -0.367 e. The lowest BCUT2D eigenvalue weighted by Crippen LogP contribution is -2.51. The molecule has 3 rings (SSSR count). The lowest BCUT2D eigenvalue weighted by atomic mass is 9.94. The Hall–Kier alpha value is -2.18. The van der Waals surface area contributed by atoms with Crippen molar-refractivity contribution in [1.82, 2.24) is 4.90 Å². The summed E-state index contributed by atoms with van der Waals surface area (Å²) in [6.07, 6.45) is 0. The highest BCUT2D eigenvalue weighted by Gasteiger charge is 2.30. The summed E-state index contributed by atoms with van der Waals surface area (Å²) in [6, 6.07) is 15.4. The molecule has 0 radical (unpaired) electrons. The fraction of sp³-hybridized carbons (Fsp3) is 0.391. The van der Waals surface area contributed by atoms with E-state index in [0.717, 1.165) is 23.7 Å². The number of hydrogen-bond donors (Lipinski definition) is 1. The molecular formula is C23H28ClN3O2S. The lowest BCUT2D eigenvalue weighted by Gasteiger charge is -2.39. The molecule has 160 valence electrons. The molecule has 1 aliphatic heterocycles. The van der Waals surface area contributed by atoms with Gasteiger partial charge < -0.3 is 15.1 Å². The Morgan fingerprint density at radius 1 is 1.03 bits per heavy atom. The number of hydrogen-bond acceptors (Lipinski definition) is 4. The maximum absolute atomic E-state index is 12.5. The van der Waals surface area contributed by atoms with Gasteiger partial charge in [0.05, 0.1) is 16.5 Å². The Morgan fingerprint density at radius 2 is 1.70 bits per heavy atom. The maximum Gasteiger partial charge on any atom is 0.234 e. The summed E-state index contributed by atoms with van der Waals surface area (Å²) < 4.78 is 0. The number of piperazine rings is 1. The highest BCUT2D eigenvalue weighted by molar-refractivity contribution is 8.00. The monoisotopic (exact) mass is 445 g/mol. The zero-order chi connectivity index (χ0) is 21.7. The predicted octanol–water partition coefficient (Wildman–Crippen LogP) is 4.77. The minimum absolute atomic E-state index is 0.0676. The van der Waals surface area contributed by atoms with E-state index in [0.29, 0.717) is 29.6 Å². The summed E-state index contributed by atoms with van der Waals surface area (Å²) in [5.74, 6) is 0.453. The van der Waals surface area contributed by atoms with Crippen molar-refractivity contribution in [1.29, 1.82) is 0 Å². The summed E-state index contributed by atoms with van der Waals surface area (Å²) >= 11 is 8.01. The summed E-state index contributed by atoms with van der Waals surface area (Å²) in [5, 5.41) is 3.50. The van der Waals surface area contributed by atoms with Crippen LogP contribution in [0.1, 0.15) is 20.8 Å². The molecule has 5 nitrogen and oxygen atoms in total. The van der Waals surface area contributed by atoms with Gasteiger partial charge in [-0.1, -0.05) is 50.6 Å². The van der Waals surface area contributed by atoms with Crippen molar-refractivity contribution in [2.75, 3.05) is 42.1 Å². The van der Waals surface area contributed by atoms with Crippen molar-refractivity contribution in [2.45, 2.75) is 25.7 Å². The number of nitrogens with zero attached hydrogens (tertiary/aromatic N) is 2. The molecule has 1 aliphatic rings. The first-order chi connectivity index (χ1) is 14.2. The molecule has 0 bridgehead atoms. The van der Waals surface area contributed by atoms with Crippen LogP contribution in [-0.2, 0) is 9.59 Å². The average molecular weight is 446 g/mol. The van der Waals surface area contributed by atoms with Gasteiger partial charge >= 0.3 is 0 Å². The summed E-state index contributed by atoms with van der Waals surface area (Å²) in [7, 11) is 0. The number of nitrogens with one attached hydrogen (secondary N) is 1. The highest BCUT2D eigenvalue weighted by Crippen LogP contribution is 2.30. The number of anilines is 2. The van der Waals surface area contributed by atoms with E-state index in [1.54, 1.807) is 6.07 Å². The van der Waals surface area contributed by atoms with Gasteiger partial charge in [0.25, 0.3) is 0 Å². The van der Waals surface area contributed by atoms with Crippen molar-refractivity contribution in [2.24, 2.45) is 5.41 Å². The normalized spacial score (nSPS) is 14.5. The van der Waals surface area contributed by atoms with E-state index in [-0.39, 0.29) is 17.2 Å². The van der Waals surface area contributed by atoms with Gasteiger partial charge in [0.2, 0.25) is 11.8 Å². The van der Waals surface area contributed by atoms with Gasteiger partial charge in [-0.2, -0.15) is 0 Å². The van der Waals surface area contributed by atoms with E-state index in [1.165, 1.54) is 11.8 Å². The second kappa shape index (κ2) is 9.75. The standard InChI is InChI=1S/C23H28ClN3O2S/c1-23(2,3)22(29)27-13-11-26(12-14-27)20-10-9-17(15-19(20)24)25-21(28)16-30-18-7-5-4-6-8-18/h4-10,15H,11-14,16H2,1-3H3,(H,25,28). The average Bonchev–Trinajstić information content (AvgIpc) is 2.72. The smallest absolute Gasteiger partial charge is 0.234 e. The summed E-state index contributed by atoms with van der Waals surface area (Å²) in [6.45, 7) is 8.68. The largest absolute Gasteiger partial charge is 0.367 e. The number of rotatable bonds is 5. The van der Waals surface area contributed by atoms with Crippen LogP contribution in [0.15, 0.2) is 53.4 Å². The molecule has 30 heavy (non-hydrogen) atoms. The molecule has 0 saturated carbocycles. The van der Waals surface area contributed by atoms with Crippen LogP contribution in [0.25, 0.3) is 0 Å². The Morgan fingerprint density at radius 3 is 2.30 bits per heavy atom. The molecule has 2 amide bonds. The third-order valence-corrected chi connectivity index (χ3v) is 6.21. The molecule has 0 unspecified atom stereocenters. The van der Waals surface area contributed by atoms with Gasteiger partial charge in [0, 0.05) is 42.2 Å². The first-order valence-corrected chi connectivity index (χ1v) is 11.4. The molecule has 1 saturated heterocycles. The van der Waals surface area contributed by atoms with E-state index >= 15 is 0 Å². The highest BCUT2D eigenvalue weighted by atomic mass is 35.5. The van der Waals surface area contributed by atoms with Crippen LogP contribution in [0.2, 0.25) is 5.02 Å². The van der Waals surface area contributed by atoms with Crippen LogP contribution in [0.5, 0.6) is 0 Å². The molecule has 0 atom stereocenters. The molecule has 1 heterocycles. The van der Waals surface area contributed by atoms with Gasteiger partial charge in [-0.15, -0.1) is 11.8 Å². The topological polar surface area (TPSA) is 52.7 Å². The number of carbonyl (C=O) groups is 2. The van der Waals surface area contributed by atoms with E-state index in [1.807, 2.05) is 68.1 Å². The molecule has 1 N–H and O–H groups in total. The van der Waals surface area contributed by atoms with Crippen LogP contribution in [-0.4, -0.2) is 48.6 Å². The first-order valence-electron chi connectivity index (χ1n) is 10.1. The summed E-state index contributed by atoms with van der Waals surface area (Å²) in [5.41, 5.74) is 1.25. The molecule has 1 fully saturated rings. The van der Waals surface area contributed by atoms with Gasteiger partial charge in [-0.25, -0.2) is 0 Å². The minimum atomic E-state index is -0.363. The SMILES string of the molecule is CC(C)(C)C(=O)N1CCN(c2ccc(NC(=O)CSc3ccccc3)cc2Cl)CC1. The quantitative estimate of drug-likeness (QED) is 0.674. The zero-order valence-electron chi connectivity index (χ0n) is 17.7. The Bertz CT molecular complexity index is 891. The van der Waals surface area contributed by atoms with Crippen molar-refractivity contribution in [3.63, 3.8) is 0 Å². The van der Waals surface area contributed by atoms with Crippen molar-refractivity contribution in [3.05, 3.63) is 53.6 Å². The number of thioether (sulfide) groups is 1. The number of halogens is 1. The molecule has 0 aromatic heterocycles. The second-order valence-corrected chi connectivity index (χ2v) is 9.80. The predicted molar refractivity (Wildman–Crippen MR) is 125 cm³/mol. The molecule has 0 aliphatic carbocycles. The lowest BCUT2D eigenvalue weighted by molar-refractivity contribution is -0.139. The number of amides is 2. The first kappa shape index (κ1) is 22.5. The molecule has 7 heteroatoms. The van der Waals surface area contributed by atoms with E-state index < -0.39 is 0 Å². The number of benzene rings is 2. The van der Waals surface area contributed by atoms with Crippen molar-refractivity contribution in [3.8, 4) is 0 Å². The van der Waals surface area contributed by atoms with E-state index in [2.05, 4.69) is 10.2 Å². The Kier molecular flexibility index (Phi) is 7.32. The zero-order valence-corrected chi connectivity index (χ0v) is 19.2. The van der Waals surface area contributed by atoms with Gasteiger partial charge in [-0.3, -0.25) is 9.59 Å². The Balaban J connectivity index is 1.54. The van der Waals surface area contributed by atoms with Crippen molar-refractivity contribution >= 4 is 46.6 Å². The molecular weight excluding hydrogens is 418 g/mol. The van der Waals surface area contributed by atoms with E-state index in [4.69, 9.17) is 11.6 Å². The van der Waals surface area contributed by atoms with Crippen molar-refractivity contribution < 1.29 is 9.59 Å². The van der Waals surface area contributed by atoms with Gasteiger partial charge in [-0.05, 0) is 30.3 Å². The van der Waals surface area contributed by atoms with Crippen LogP contribution in [0.4, 0.5) is 11.4 Å². The van der Waals surface area contributed by atoms with Crippen LogP contribution in [0, 0.1) is 5.41 Å². The Labute approximate surface area is 187 Å². The van der Waals surface area contributed by atoms with Crippen LogP contribution in [0.3, 0.4) is 0 Å². The van der Waals surface area contributed by atoms with Gasteiger partial charge in [0.15, 0.2) is 0 Å². The fourth-order valence-corrected chi connectivity index (χ4v) is 4.35. The third-order valence-electron chi connectivity index (χ3n) is 4.89. The molecule has 2 aromatic carbocycles. The number of carbonyl (C=O) groups excluding carboxylic acids is 2. The van der Waals surface area contributed by atoms with Gasteiger partial charge in [0.1, 0.15) is 0 Å². The maximum atomic E-state index is 12.5. The second-order valence-electron chi connectivity index (χ2n) is 8.35. The van der Waals surface area contributed by atoms with Crippen LogP contribution < -0.4 is 10.2 Å². The molecule has 0 spiro atoms. The summed E-state index contributed by atoms with van der Waals surface area (Å²) in [4.78, 5) is 29.9. The molecule has 2 aromatic rings. The third kappa shape index (κ3) is 5.92.